The molecular formula is C14H15NO7. The number of benzene rings is 1. The molecule has 8 heteroatoms. The van der Waals surface area contributed by atoms with Crippen LogP contribution in [0.3, 0.4) is 0 Å². The summed E-state index contributed by atoms with van der Waals surface area (Å²) in [6.45, 7) is 0.709. The molecule has 1 aromatic rings. The van der Waals surface area contributed by atoms with Crippen LogP contribution in [0.5, 0.6) is 0 Å². The zero-order valence-electron chi connectivity index (χ0n) is 11.9. The number of esters is 2. The molecule has 0 amide bonds. The molecule has 0 aliphatic carbocycles. The van der Waals surface area contributed by atoms with Gasteiger partial charge in [-0.15, -0.1) is 0 Å². The van der Waals surface area contributed by atoms with E-state index in [0.29, 0.717) is 6.61 Å². The zero-order valence-corrected chi connectivity index (χ0v) is 11.9. The van der Waals surface area contributed by atoms with E-state index in [2.05, 4.69) is 4.74 Å². The highest BCUT2D eigenvalue weighted by Gasteiger charge is 2.21. The average Bonchev–Trinajstić information content (AvgIpc) is 3.04. The van der Waals surface area contributed by atoms with E-state index in [9.17, 15) is 19.7 Å². The lowest BCUT2D eigenvalue weighted by Gasteiger charge is -2.10. The van der Waals surface area contributed by atoms with E-state index in [4.69, 9.17) is 9.47 Å². The monoisotopic (exact) mass is 309 g/mol. The molecule has 0 N–H and O–H groups in total. The van der Waals surface area contributed by atoms with E-state index in [0.717, 1.165) is 32.1 Å². The SMILES string of the molecule is COC(=O)c1cc(C(=O)OC[C@H]2CCCO2)cc([N+](=O)[O-])c1. The van der Waals surface area contributed by atoms with E-state index in [1.165, 1.54) is 6.07 Å². The summed E-state index contributed by atoms with van der Waals surface area (Å²) in [4.78, 5) is 33.7. The van der Waals surface area contributed by atoms with Crippen LogP contribution in [0.25, 0.3) is 0 Å². The molecule has 22 heavy (non-hydrogen) atoms. The Bertz CT molecular complexity index is 593. The van der Waals surface area contributed by atoms with E-state index in [1.54, 1.807) is 0 Å². The summed E-state index contributed by atoms with van der Waals surface area (Å²) in [5, 5.41) is 10.9. The molecule has 1 atom stereocenters. The van der Waals surface area contributed by atoms with Crippen molar-refractivity contribution in [3.63, 3.8) is 0 Å². The third kappa shape index (κ3) is 3.79. The van der Waals surface area contributed by atoms with Gasteiger partial charge in [0.05, 0.1) is 29.3 Å². The fourth-order valence-corrected chi connectivity index (χ4v) is 2.10. The van der Waals surface area contributed by atoms with Crippen molar-refractivity contribution in [3.8, 4) is 0 Å². The van der Waals surface area contributed by atoms with Crippen molar-refractivity contribution in [3.05, 3.63) is 39.4 Å². The van der Waals surface area contributed by atoms with E-state index in [1.807, 2.05) is 0 Å². The highest BCUT2D eigenvalue weighted by atomic mass is 16.6. The number of hydrogen-bond acceptors (Lipinski definition) is 7. The molecule has 1 saturated heterocycles. The quantitative estimate of drug-likeness (QED) is 0.463. The molecule has 0 spiro atoms. The molecule has 0 unspecified atom stereocenters. The van der Waals surface area contributed by atoms with Gasteiger partial charge in [0.25, 0.3) is 5.69 Å². The summed E-state index contributed by atoms with van der Waals surface area (Å²) in [5.41, 5.74) is -0.541. The Morgan fingerprint density at radius 3 is 2.55 bits per heavy atom. The fraction of sp³-hybridized carbons (Fsp3) is 0.429. The van der Waals surface area contributed by atoms with Crippen LogP contribution in [-0.2, 0) is 14.2 Å². The lowest BCUT2D eigenvalue weighted by Crippen LogP contribution is -2.18. The summed E-state index contributed by atoms with van der Waals surface area (Å²) in [6, 6.07) is 3.31. The van der Waals surface area contributed by atoms with Gasteiger partial charge in [-0.25, -0.2) is 9.59 Å². The number of nitrogens with zero attached hydrogens (tertiary/aromatic N) is 1. The number of carbonyl (C=O) groups excluding carboxylic acids is 2. The van der Waals surface area contributed by atoms with Crippen LogP contribution in [0.15, 0.2) is 18.2 Å². The summed E-state index contributed by atoms with van der Waals surface area (Å²) < 4.78 is 14.9. The molecule has 1 aromatic carbocycles. The maximum atomic E-state index is 12.0. The molecule has 1 aliphatic rings. The van der Waals surface area contributed by atoms with Gasteiger partial charge < -0.3 is 14.2 Å². The second-order valence-electron chi connectivity index (χ2n) is 4.75. The van der Waals surface area contributed by atoms with Gasteiger partial charge in [0.1, 0.15) is 6.61 Å². The third-order valence-electron chi connectivity index (χ3n) is 3.21. The highest BCUT2D eigenvalue weighted by molar-refractivity contribution is 5.96. The van der Waals surface area contributed by atoms with Gasteiger partial charge in [0.2, 0.25) is 0 Å². The number of nitro benzene ring substituents is 1. The maximum absolute atomic E-state index is 12.0. The molecule has 1 heterocycles. The molecule has 0 aromatic heterocycles. The molecule has 1 aliphatic heterocycles. The van der Waals surface area contributed by atoms with Gasteiger partial charge in [-0.2, -0.15) is 0 Å². The maximum Gasteiger partial charge on any atom is 0.338 e. The Morgan fingerprint density at radius 1 is 1.32 bits per heavy atom. The number of nitro groups is 1. The van der Waals surface area contributed by atoms with Crippen molar-refractivity contribution in [2.24, 2.45) is 0 Å². The minimum atomic E-state index is -0.767. The minimum Gasteiger partial charge on any atom is -0.465 e. The predicted octanol–water partition coefficient (Wildman–Crippen LogP) is 1.72. The second kappa shape index (κ2) is 6.99. The van der Waals surface area contributed by atoms with Crippen LogP contribution in [0, 0.1) is 10.1 Å². The van der Waals surface area contributed by atoms with Crippen molar-refractivity contribution in [1.29, 1.82) is 0 Å². The third-order valence-corrected chi connectivity index (χ3v) is 3.21. The van der Waals surface area contributed by atoms with Gasteiger partial charge in [-0.05, 0) is 18.9 Å². The smallest absolute Gasteiger partial charge is 0.338 e. The highest BCUT2D eigenvalue weighted by Crippen LogP contribution is 2.19. The Morgan fingerprint density at radius 2 is 2.00 bits per heavy atom. The molecule has 0 saturated carbocycles. The molecule has 8 nitrogen and oxygen atoms in total. The van der Waals surface area contributed by atoms with Crippen molar-refractivity contribution in [2.75, 3.05) is 20.3 Å². The molecule has 0 radical (unpaired) electrons. The predicted molar refractivity (Wildman–Crippen MR) is 73.7 cm³/mol. The first-order chi connectivity index (χ1) is 10.5. The van der Waals surface area contributed by atoms with Gasteiger partial charge in [0.15, 0.2) is 0 Å². The van der Waals surface area contributed by atoms with Crippen LogP contribution in [0.1, 0.15) is 33.6 Å². The second-order valence-corrected chi connectivity index (χ2v) is 4.75. The first kappa shape index (κ1) is 15.9. The molecule has 2 rings (SSSR count). The van der Waals surface area contributed by atoms with E-state index in [-0.39, 0.29) is 29.5 Å². The van der Waals surface area contributed by atoms with Gasteiger partial charge in [0, 0.05) is 18.7 Å². The number of hydrogen-bond donors (Lipinski definition) is 0. The average molecular weight is 309 g/mol. The van der Waals surface area contributed by atoms with Crippen molar-refractivity contribution >= 4 is 17.6 Å². The topological polar surface area (TPSA) is 105 Å². The van der Waals surface area contributed by atoms with Crippen molar-refractivity contribution in [1.82, 2.24) is 0 Å². The van der Waals surface area contributed by atoms with Crippen LogP contribution >= 0.6 is 0 Å². The lowest BCUT2D eigenvalue weighted by molar-refractivity contribution is -0.384. The van der Waals surface area contributed by atoms with Gasteiger partial charge >= 0.3 is 11.9 Å². The van der Waals surface area contributed by atoms with Crippen LogP contribution in [0.4, 0.5) is 5.69 Å². The zero-order chi connectivity index (χ0) is 16.1. The van der Waals surface area contributed by atoms with Gasteiger partial charge in [-0.1, -0.05) is 0 Å². The van der Waals surface area contributed by atoms with Crippen molar-refractivity contribution in [2.45, 2.75) is 18.9 Å². The number of carbonyl (C=O) groups is 2. The summed E-state index contributed by atoms with van der Waals surface area (Å²) in [6.07, 6.45) is 1.56. The standard InChI is InChI=1S/C14H15NO7/c1-20-13(16)9-5-10(7-11(6-9)15(18)19)14(17)22-8-12-3-2-4-21-12/h5-7,12H,2-4,8H2,1H3/t12-/m1/s1. The van der Waals surface area contributed by atoms with Gasteiger partial charge in [-0.3, -0.25) is 10.1 Å². The fourth-order valence-electron chi connectivity index (χ4n) is 2.10. The minimum absolute atomic E-state index is 0.0763. The number of ether oxygens (including phenoxy) is 3. The Balaban J connectivity index is 2.16. The van der Waals surface area contributed by atoms with Crippen LogP contribution in [-0.4, -0.2) is 43.3 Å². The van der Waals surface area contributed by atoms with Crippen LogP contribution in [0.2, 0.25) is 0 Å². The Hall–Kier alpha value is -2.48. The number of methoxy groups -OCH3 is 1. The normalized spacial score (nSPS) is 17.0. The molecular weight excluding hydrogens is 294 g/mol. The first-order valence-corrected chi connectivity index (χ1v) is 6.68. The number of rotatable bonds is 5. The largest absolute Gasteiger partial charge is 0.465 e. The summed E-state index contributed by atoms with van der Waals surface area (Å²) in [7, 11) is 1.15. The number of non-ortho nitro benzene ring substituents is 1. The molecule has 0 bridgehead atoms. The van der Waals surface area contributed by atoms with Crippen molar-refractivity contribution < 1.29 is 28.7 Å². The Labute approximate surface area is 126 Å². The Kier molecular flexibility index (Phi) is 5.05. The summed E-state index contributed by atoms with van der Waals surface area (Å²) in [5.74, 6) is -1.51. The van der Waals surface area contributed by atoms with Crippen LogP contribution < -0.4 is 0 Å². The van der Waals surface area contributed by atoms with E-state index < -0.39 is 16.9 Å². The first-order valence-electron chi connectivity index (χ1n) is 6.68. The lowest BCUT2D eigenvalue weighted by atomic mass is 10.1. The molecule has 118 valence electrons. The van der Waals surface area contributed by atoms with E-state index >= 15 is 0 Å². The summed E-state index contributed by atoms with van der Waals surface area (Å²) >= 11 is 0. The molecule has 1 fully saturated rings.